The van der Waals surface area contributed by atoms with Gasteiger partial charge in [-0.2, -0.15) is 22.6 Å². The van der Waals surface area contributed by atoms with E-state index < -0.39 is 22.2 Å². The van der Waals surface area contributed by atoms with E-state index in [1.165, 1.54) is 10.6 Å². The average Bonchev–Trinajstić information content (AvgIpc) is 2.84. The Balaban J connectivity index is 0.000000412. The van der Waals surface area contributed by atoms with Gasteiger partial charge in [-0.05, 0) is 6.07 Å². The van der Waals surface area contributed by atoms with E-state index in [1.807, 2.05) is 10.7 Å². The summed E-state index contributed by atoms with van der Waals surface area (Å²) in [5.74, 6) is -2.66. The summed E-state index contributed by atoms with van der Waals surface area (Å²) >= 11 is 0. The van der Waals surface area contributed by atoms with Gasteiger partial charge in [-0.3, -0.25) is 4.68 Å². The van der Waals surface area contributed by atoms with Gasteiger partial charge in [0.25, 0.3) is 0 Å². The van der Waals surface area contributed by atoms with Crippen molar-refractivity contribution >= 4 is 16.0 Å². The number of aromatic nitrogens is 2. The van der Waals surface area contributed by atoms with Gasteiger partial charge < -0.3 is 9.84 Å². The van der Waals surface area contributed by atoms with Crippen molar-refractivity contribution in [2.45, 2.75) is 19.3 Å². The summed E-state index contributed by atoms with van der Waals surface area (Å²) in [6.07, 6.45) is -0.464. The van der Waals surface area contributed by atoms with Gasteiger partial charge in [0, 0.05) is 25.2 Å². The lowest BCUT2D eigenvalue weighted by atomic mass is 10.1. The summed E-state index contributed by atoms with van der Waals surface area (Å²) in [5, 5.41) is 11.4. The Morgan fingerprint density at radius 3 is 2.62 bits per heavy atom. The fraction of sp³-hybridized carbons (Fsp3) is 0.571. The molecule has 1 unspecified atom stereocenters. The number of rotatable bonds is 5. The Kier molecular flexibility index (Phi) is 7.78. The predicted molar refractivity (Wildman–Crippen MR) is 85.7 cm³/mol. The van der Waals surface area contributed by atoms with Crippen molar-refractivity contribution in [3.8, 4) is 0 Å². The van der Waals surface area contributed by atoms with Gasteiger partial charge in [-0.25, -0.2) is 13.2 Å². The molecular formula is C14H20F3N3O5S. The minimum atomic E-state index is -5.08. The van der Waals surface area contributed by atoms with E-state index in [9.17, 15) is 21.6 Å². The van der Waals surface area contributed by atoms with Crippen molar-refractivity contribution < 1.29 is 36.2 Å². The largest absolute Gasteiger partial charge is 0.490 e. The Labute approximate surface area is 148 Å². The summed E-state index contributed by atoms with van der Waals surface area (Å²) in [4.78, 5) is 8.90. The molecule has 1 N–H and O–H groups in total. The minimum absolute atomic E-state index is 0.0934. The molecule has 1 aliphatic rings. The van der Waals surface area contributed by atoms with E-state index >= 15 is 0 Å². The normalized spacial score (nSPS) is 18.2. The summed E-state index contributed by atoms with van der Waals surface area (Å²) in [6, 6.07) is 1.85. The number of fused-ring (bicyclic) bond motifs is 1. The van der Waals surface area contributed by atoms with Crippen LogP contribution in [0.25, 0.3) is 0 Å². The highest BCUT2D eigenvalue weighted by molar-refractivity contribution is 7.88. The summed E-state index contributed by atoms with van der Waals surface area (Å²) < 4.78 is 64.1. The first-order valence-electron chi connectivity index (χ1n) is 7.39. The molecule has 8 nitrogen and oxygen atoms in total. The van der Waals surface area contributed by atoms with Crippen LogP contribution in [0.15, 0.2) is 24.9 Å². The Morgan fingerprint density at radius 1 is 1.50 bits per heavy atom. The van der Waals surface area contributed by atoms with Crippen molar-refractivity contribution in [1.82, 2.24) is 14.1 Å². The topological polar surface area (TPSA) is 102 Å². The first-order chi connectivity index (χ1) is 11.9. The van der Waals surface area contributed by atoms with E-state index in [4.69, 9.17) is 14.6 Å². The molecule has 0 saturated heterocycles. The fourth-order valence-electron chi connectivity index (χ4n) is 2.17. The first kappa shape index (κ1) is 22.1. The van der Waals surface area contributed by atoms with Crippen LogP contribution in [0.3, 0.4) is 0 Å². The SMILES string of the molecule is C=CCOCC1CN(S(C)(=O)=O)Cc2ccnn2C1.O=C(O)C(F)(F)F. The summed E-state index contributed by atoms with van der Waals surface area (Å²) in [6.45, 7) is 6.07. The molecule has 12 heteroatoms. The van der Waals surface area contributed by atoms with Crippen molar-refractivity contribution in [1.29, 1.82) is 0 Å². The molecule has 2 heterocycles. The van der Waals surface area contributed by atoms with Crippen molar-refractivity contribution in [2.75, 3.05) is 26.0 Å². The quantitative estimate of drug-likeness (QED) is 0.588. The second kappa shape index (κ2) is 9.14. The number of carboxylic acid groups (broad SMARTS) is 1. The number of carboxylic acids is 1. The van der Waals surface area contributed by atoms with Crippen LogP contribution in [0.4, 0.5) is 13.2 Å². The van der Waals surface area contributed by atoms with Crippen molar-refractivity contribution in [2.24, 2.45) is 5.92 Å². The highest BCUT2D eigenvalue weighted by Crippen LogP contribution is 2.18. The smallest absolute Gasteiger partial charge is 0.475 e. The number of ether oxygens (including phenoxy) is 1. The van der Waals surface area contributed by atoms with E-state index in [-0.39, 0.29) is 5.92 Å². The lowest BCUT2D eigenvalue weighted by Gasteiger charge is -2.21. The van der Waals surface area contributed by atoms with Gasteiger partial charge in [0.15, 0.2) is 0 Å². The van der Waals surface area contributed by atoms with E-state index in [0.29, 0.717) is 32.8 Å². The van der Waals surface area contributed by atoms with E-state index in [2.05, 4.69) is 11.7 Å². The number of aliphatic carboxylic acids is 1. The molecule has 0 bridgehead atoms. The van der Waals surface area contributed by atoms with Crippen molar-refractivity contribution in [3.05, 3.63) is 30.6 Å². The molecule has 0 aromatic carbocycles. The third-order valence-electron chi connectivity index (χ3n) is 3.34. The van der Waals surface area contributed by atoms with Gasteiger partial charge in [0.05, 0.1) is 31.7 Å². The fourth-order valence-corrected chi connectivity index (χ4v) is 3.02. The highest BCUT2D eigenvalue weighted by atomic mass is 32.2. The number of halogens is 3. The van der Waals surface area contributed by atoms with Crippen LogP contribution in [0.2, 0.25) is 0 Å². The maximum absolute atomic E-state index is 11.8. The molecule has 26 heavy (non-hydrogen) atoms. The van der Waals surface area contributed by atoms with Crippen LogP contribution in [-0.2, 0) is 32.6 Å². The molecule has 0 amide bonds. The molecule has 1 aromatic rings. The molecule has 1 aliphatic heterocycles. The number of sulfonamides is 1. The van der Waals surface area contributed by atoms with Crippen LogP contribution in [0.5, 0.6) is 0 Å². The molecule has 1 atom stereocenters. The third-order valence-corrected chi connectivity index (χ3v) is 4.55. The number of hydrogen-bond acceptors (Lipinski definition) is 5. The van der Waals surface area contributed by atoms with Crippen LogP contribution in [-0.4, -0.2) is 65.8 Å². The summed E-state index contributed by atoms with van der Waals surface area (Å²) in [5.41, 5.74) is 0.914. The van der Waals surface area contributed by atoms with Gasteiger partial charge >= 0.3 is 12.1 Å². The Morgan fingerprint density at radius 2 is 2.12 bits per heavy atom. The second-order valence-corrected chi connectivity index (χ2v) is 7.54. The lowest BCUT2D eigenvalue weighted by molar-refractivity contribution is -0.192. The monoisotopic (exact) mass is 399 g/mol. The summed E-state index contributed by atoms with van der Waals surface area (Å²) in [7, 11) is -3.22. The van der Waals surface area contributed by atoms with E-state index in [1.54, 1.807) is 12.3 Å². The number of alkyl halides is 3. The number of nitrogens with zero attached hydrogens (tertiary/aromatic N) is 3. The Hall–Kier alpha value is -1.92. The zero-order valence-corrected chi connectivity index (χ0v) is 14.8. The van der Waals surface area contributed by atoms with Gasteiger partial charge in [-0.15, -0.1) is 6.58 Å². The third kappa shape index (κ3) is 7.14. The molecule has 148 valence electrons. The first-order valence-corrected chi connectivity index (χ1v) is 9.24. The lowest BCUT2D eigenvalue weighted by Crippen LogP contribution is -2.34. The molecule has 2 rings (SSSR count). The maximum atomic E-state index is 11.8. The predicted octanol–water partition coefficient (Wildman–Crippen LogP) is 1.11. The molecule has 0 spiro atoms. The molecule has 0 radical (unpaired) electrons. The van der Waals surface area contributed by atoms with Gasteiger partial charge in [0.1, 0.15) is 0 Å². The number of hydrogen-bond donors (Lipinski definition) is 1. The van der Waals surface area contributed by atoms with Crippen LogP contribution in [0, 0.1) is 5.92 Å². The molecular weight excluding hydrogens is 379 g/mol. The van der Waals surface area contributed by atoms with Gasteiger partial charge in [-0.1, -0.05) is 6.08 Å². The molecule has 1 aromatic heterocycles. The molecule has 0 saturated carbocycles. The standard InChI is InChI=1S/C12H19N3O3S.C2HF3O2/c1-3-6-18-10-11-7-14(19(2,16)17)9-12-4-5-13-15(12)8-11;3-2(4,5)1(6)7/h3-5,11H,1,6-10H2,2H3;(H,6,7). The second-order valence-electron chi connectivity index (χ2n) is 5.56. The molecule has 0 fully saturated rings. The van der Waals surface area contributed by atoms with Gasteiger partial charge in [0.2, 0.25) is 10.0 Å². The zero-order valence-electron chi connectivity index (χ0n) is 14.0. The highest BCUT2D eigenvalue weighted by Gasteiger charge is 2.38. The number of carbonyl (C=O) groups is 1. The van der Waals surface area contributed by atoms with Crippen LogP contribution in [0.1, 0.15) is 5.69 Å². The maximum Gasteiger partial charge on any atom is 0.490 e. The zero-order chi connectivity index (χ0) is 20.0. The van der Waals surface area contributed by atoms with E-state index in [0.717, 1.165) is 5.69 Å². The van der Waals surface area contributed by atoms with Crippen LogP contribution < -0.4 is 0 Å². The Bertz CT molecular complexity index is 718. The van der Waals surface area contributed by atoms with Crippen molar-refractivity contribution in [3.63, 3.8) is 0 Å². The van der Waals surface area contributed by atoms with Crippen LogP contribution >= 0.6 is 0 Å². The minimum Gasteiger partial charge on any atom is -0.475 e. The molecule has 0 aliphatic carbocycles. The average molecular weight is 399 g/mol.